The van der Waals surface area contributed by atoms with Crippen molar-refractivity contribution in [1.29, 1.82) is 0 Å². The second-order valence-corrected chi connectivity index (χ2v) is 8.07. The molecule has 0 bridgehead atoms. The largest absolute Gasteiger partial charge is 0.480 e. The van der Waals surface area contributed by atoms with Crippen LogP contribution in [0.3, 0.4) is 0 Å². The number of aliphatic hydroxyl groups excluding tert-OH is 1. The van der Waals surface area contributed by atoms with Gasteiger partial charge < -0.3 is 37.6 Å². The van der Waals surface area contributed by atoms with Crippen LogP contribution in [0.15, 0.2) is 0 Å². The van der Waals surface area contributed by atoms with Gasteiger partial charge in [0, 0.05) is 0 Å². The maximum atomic E-state index is 12.7. The van der Waals surface area contributed by atoms with E-state index in [0.717, 1.165) is 0 Å². The molecule has 11 heteroatoms. The molecule has 0 radical (unpaired) electrons. The van der Waals surface area contributed by atoms with Crippen molar-refractivity contribution in [2.24, 2.45) is 23.3 Å². The minimum absolute atomic E-state index is 0.141. The number of nitrogens with two attached hydrogens (primary N) is 2. The number of hydrogen-bond donors (Lipinski definition) is 7. The van der Waals surface area contributed by atoms with Crippen molar-refractivity contribution in [3.8, 4) is 0 Å². The Morgan fingerprint density at radius 3 is 1.90 bits per heavy atom. The first-order valence-corrected chi connectivity index (χ1v) is 10.7. The summed E-state index contributed by atoms with van der Waals surface area (Å²) in [5.74, 6) is -3.70. The molecule has 0 aromatic carbocycles. The minimum atomic E-state index is -1.37. The van der Waals surface area contributed by atoms with E-state index in [1.54, 1.807) is 27.7 Å². The number of carbonyl (C=O) groups excluding carboxylic acids is 3. The normalized spacial score (nSPS) is 16.0. The lowest BCUT2D eigenvalue weighted by molar-refractivity contribution is -0.144. The predicted molar refractivity (Wildman–Crippen MR) is 116 cm³/mol. The zero-order chi connectivity index (χ0) is 24.1. The third kappa shape index (κ3) is 10.1. The highest BCUT2D eigenvalue weighted by Gasteiger charge is 2.31. The molecule has 5 unspecified atom stereocenters. The summed E-state index contributed by atoms with van der Waals surface area (Å²) in [5.41, 5.74) is 11.3. The SMILES string of the molecule is CCC(C)C(NC(=O)C(CO)NC(=O)C(CCCCN)NC(=O)C(N)C(C)C)C(=O)O. The number of aliphatic hydroxyl groups is 1. The van der Waals surface area contributed by atoms with Gasteiger partial charge in [0.05, 0.1) is 12.6 Å². The number of unbranched alkanes of at least 4 members (excludes halogenated alkanes) is 1. The van der Waals surface area contributed by atoms with Gasteiger partial charge in [-0.15, -0.1) is 0 Å². The van der Waals surface area contributed by atoms with Gasteiger partial charge in [0.1, 0.15) is 18.1 Å². The molecule has 11 nitrogen and oxygen atoms in total. The zero-order valence-electron chi connectivity index (χ0n) is 18.9. The number of hydrogen-bond acceptors (Lipinski definition) is 7. The van der Waals surface area contributed by atoms with Crippen LogP contribution in [0, 0.1) is 11.8 Å². The molecule has 0 rings (SSSR count). The van der Waals surface area contributed by atoms with Crippen molar-refractivity contribution in [3.63, 3.8) is 0 Å². The fourth-order valence-corrected chi connectivity index (χ4v) is 2.74. The highest BCUT2D eigenvalue weighted by atomic mass is 16.4. The van der Waals surface area contributed by atoms with E-state index in [2.05, 4.69) is 16.0 Å². The third-order valence-electron chi connectivity index (χ3n) is 5.19. The van der Waals surface area contributed by atoms with E-state index < -0.39 is 54.5 Å². The first-order chi connectivity index (χ1) is 14.5. The molecule has 0 aliphatic heterocycles. The van der Waals surface area contributed by atoms with Gasteiger partial charge in [-0.3, -0.25) is 14.4 Å². The van der Waals surface area contributed by atoms with E-state index in [1.807, 2.05) is 0 Å². The van der Waals surface area contributed by atoms with E-state index in [1.165, 1.54) is 0 Å². The van der Waals surface area contributed by atoms with Gasteiger partial charge in [0.25, 0.3) is 0 Å². The average molecular weight is 446 g/mol. The zero-order valence-corrected chi connectivity index (χ0v) is 18.9. The molecule has 180 valence electrons. The predicted octanol–water partition coefficient (Wildman–Crippen LogP) is -1.32. The summed E-state index contributed by atoms with van der Waals surface area (Å²) in [6, 6.07) is -4.32. The van der Waals surface area contributed by atoms with Gasteiger partial charge in [0.15, 0.2) is 0 Å². The van der Waals surface area contributed by atoms with Gasteiger partial charge >= 0.3 is 5.97 Å². The lowest BCUT2D eigenvalue weighted by Gasteiger charge is -2.26. The number of carboxylic acid groups (broad SMARTS) is 1. The summed E-state index contributed by atoms with van der Waals surface area (Å²) in [6.45, 7) is 6.69. The Balaban J connectivity index is 5.28. The Morgan fingerprint density at radius 1 is 0.903 bits per heavy atom. The molecule has 9 N–H and O–H groups in total. The second-order valence-electron chi connectivity index (χ2n) is 8.07. The number of aliphatic carboxylic acids is 1. The Morgan fingerprint density at radius 2 is 1.45 bits per heavy atom. The van der Waals surface area contributed by atoms with Gasteiger partial charge in [-0.25, -0.2) is 4.79 Å². The van der Waals surface area contributed by atoms with Gasteiger partial charge in [-0.05, 0) is 37.6 Å². The van der Waals surface area contributed by atoms with Crippen LogP contribution in [0.2, 0.25) is 0 Å². The maximum absolute atomic E-state index is 12.7. The summed E-state index contributed by atoms with van der Waals surface area (Å²) in [7, 11) is 0. The monoisotopic (exact) mass is 445 g/mol. The average Bonchev–Trinajstić information content (AvgIpc) is 2.73. The summed E-state index contributed by atoms with van der Waals surface area (Å²) in [6.07, 6.45) is 1.97. The molecule has 0 spiro atoms. The standard InChI is InChI=1S/C20H39N5O6/c1-5-12(4)16(20(30)31)25-18(28)14(10-26)24-17(27)13(8-6-7-9-21)23-19(29)15(22)11(2)3/h11-16,26H,5-10,21-22H2,1-4H3,(H,23,29)(H,24,27)(H,25,28)(H,30,31). The first kappa shape index (κ1) is 28.8. The lowest BCUT2D eigenvalue weighted by Crippen LogP contribution is -2.59. The van der Waals surface area contributed by atoms with Crippen molar-refractivity contribution < 1.29 is 29.4 Å². The van der Waals surface area contributed by atoms with Crippen molar-refractivity contribution in [3.05, 3.63) is 0 Å². The molecule has 0 aromatic heterocycles. The van der Waals surface area contributed by atoms with Gasteiger partial charge in [0.2, 0.25) is 17.7 Å². The molecular weight excluding hydrogens is 406 g/mol. The van der Waals surface area contributed by atoms with Crippen LogP contribution in [-0.4, -0.2) is 71.2 Å². The van der Waals surface area contributed by atoms with Crippen LogP contribution < -0.4 is 27.4 Å². The fraction of sp³-hybridized carbons (Fsp3) is 0.800. The highest BCUT2D eigenvalue weighted by molar-refractivity contribution is 5.94. The summed E-state index contributed by atoms with van der Waals surface area (Å²) in [5, 5.41) is 26.2. The minimum Gasteiger partial charge on any atom is -0.480 e. The van der Waals surface area contributed by atoms with Gasteiger partial charge in [-0.2, -0.15) is 0 Å². The van der Waals surface area contributed by atoms with Crippen molar-refractivity contribution in [1.82, 2.24) is 16.0 Å². The van der Waals surface area contributed by atoms with Crippen LogP contribution in [0.1, 0.15) is 53.4 Å². The van der Waals surface area contributed by atoms with E-state index in [9.17, 15) is 29.4 Å². The number of carboxylic acids is 1. The lowest BCUT2D eigenvalue weighted by atomic mass is 9.99. The Hall–Kier alpha value is -2.24. The molecule has 0 saturated carbocycles. The summed E-state index contributed by atoms with van der Waals surface area (Å²) in [4.78, 5) is 49.0. The summed E-state index contributed by atoms with van der Waals surface area (Å²) < 4.78 is 0. The van der Waals surface area contributed by atoms with Crippen LogP contribution in [-0.2, 0) is 19.2 Å². The second kappa shape index (κ2) is 14.7. The number of nitrogens with one attached hydrogen (secondary N) is 3. The molecule has 0 fully saturated rings. The molecule has 0 heterocycles. The number of amides is 3. The number of rotatable bonds is 15. The molecule has 31 heavy (non-hydrogen) atoms. The Kier molecular flexibility index (Phi) is 13.6. The van der Waals surface area contributed by atoms with E-state index in [-0.39, 0.29) is 18.3 Å². The van der Waals surface area contributed by atoms with E-state index in [0.29, 0.717) is 25.8 Å². The maximum Gasteiger partial charge on any atom is 0.326 e. The molecular formula is C20H39N5O6. The molecule has 0 aliphatic rings. The molecule has 5 atom stereocenters. The fourth-order valence-electron chi connectivity index (χ4n) is 2.74. The van der Waals surface area contributed by atoms with E-state index >= 15 is 0 Å². The summed E-state index contributed by atoms with van der Waals surface area (Å²) >= 11 is 0. The molecule has 0 aromatic rings. The van der Waals surface area contributed by atoms with Crippen LogP contribution in [0.25, 0.3) is 0 Å². The van der Waals surface area contributed by atoms with Crippen LogP contribution in [0.4, 0.5) is 0 Å². The van der Waals surface area contributed by atoms with Crippen molar-refractivity contribution in [2.45, 2.75) is 77.5 Å². The Bertz CT molecular complexity index is 601. The Labute approximate surface area is 183 Å². The quantitative estimate of drug-likeness (QED) is 0.150. The third-order valence-corrected chi connectivity index (χ3v) is 5.19. The van der Waals surface area contributed by atoms with Crippen LogP contribution in [0.5, 0.6) is 0 Å². The van der Waals surface area contributed by atoms with Crippen molar-refractivity contribution in [2.75, 3.05) is 13.2 Å². The molecule has 3 amide bonds. The first-order valence-electron chi connectivity index (χ1n) is 10.7. The number of carbonyl (C=O) groups is 4. The smallest absolute Gasteiger partial charge is 0.326 e. The van der Waals surface area contributed by atoms with Gasteiger partial charge in [-0.1, -0.05) is 34.1 Å². The van der Waals surface area contributed by atoms with Crippen molar-refractivity contribution >= 4 is 23.7 Å². The topological polar surface area (TPSA) is 197 Å². The molecule has 0 aliphatic carbocycles. The van der Waals surface area contributed by atoms with Crippen LogP contribution >= 0.6 is 0 Å². The highest BCUT2D eigenvalue weighted by Crippen LogP contribution is 2.09. The molecule has 0 saturated heterocycles. The van der Waals surface area contributed by atoms with E-state index in [4.69, 9.17) is 11.5 Å².